The summed E-state index contributed by atoms with van der Waals surface area (Å²) in [5, 5.41) is 3.03. The van der Waals surface area contributed by atoms with Crippen molar-refractivity contribution >= 4 is 27.5 Å². The Morgan fingerprint density at radius 2 is 1.89 bits per heavy atom. The molecule has 1 saturated heterocycles. The maximum absolute atomic E-state index is 12.8. The van der Waals surface area contributed by atoms with E-state index in [1.807, 2.05) is 38.1 Å². The molecule has 1 aliphatic heterocycles. The van der Waals surface area contributed by atoms with Crippen molar-refractivity contribution in [3.05, 3.63) is 58.9 Å². The standard InChI is InChI=1S/C20H24ClN3O3S/c1-14-6-3-4-7-17(14)15(2)23-20(25)16-9-12-24(13-10-16)28(26,27)18-8-5-11-22-19(18)21/h3-8,11,15-16H,9-10,12-13H2,1-2H3,(H,23,25). The number of carbonyl (C=O) groups is 1. The molecular weight excluding hydrogens is 398 g/mol. The van der Waals surface area contributed by atoms with E-state index in [-0.39, 0.29) is 41.0 Å². The fourth-order valence-corrected chi connectivity index (χ4v) is 5.44. The Morgan fingerprint density at radius 3 is 2.54 bits per heavy atom. The van der Waals surface area contributed by atoms with Crippen molar-refractivity contribution in [2.24, 2.45) is 5.92 Å². The van der Waals surface area contributed by atoms with Gasteiger partial charge in [0.2, 0.25) is 15.9 Å². The first-order valence-electron chi connectivity index (χ1n) is 9.27. The monoisotopic (exact) mass is 421 g/mol. The second-order valence-electron chi connectivity index (χ2n) is 7.06. The van der Waals surface area contributed by atoms with Crippen molar-refractivity contribution in [1.29, 1.82) is 0 Å². The van der Waals surface area contributed by atoms with E-state index in [1.54, 1.807) is 6.07 Å². The number of nitrogens with one attached hydrogen (secondary N) is 1. The zero-order valence-electron chi connectivity index (χ0n) is 15.9. The maximum Gasteiger partial charge on any atom is 0.246 e. The highest BCUT2D eigenvalue weighted by molar-refractivity contribution is 7.89. The first kappa shape index (κ1) is 20.8. The van der Waals surface area contributed by atoms with E-state index in [4.69, 9.17) is 11.6 Å². The summed E-state index contributed by atoms with van der Waals surface area (Å²) in [5.74, 6) is -0.241. The summed E-state index contributed by atoms with van der Waals surface area (Å²) < 4.78 is 27.0. The number of hydrogen-bond donors (Lipinski definition) is 1. The van der Waals surface area contributed by atoms with Gasteiger partial charge in [-0.2, -0.15) is 4.31 Å². The van der Waals surface area contributed by atoms with E-state index in [9.17, 15) is 13.2 Å². The van der Waals surface area contributed by atoms with Crippen LogP contribution in [0.1, 0.15) is 36.9 Å². The van der Waals surface area contributed by atoms with Crippen LogP contribution in [0.4, 0.5) is 0 Å². The minimum atomic E-state index is -3.71. The summed E-state index contributed by atoms with van der Waals surface area (Å²) in [4.78, 5) is 16.5. The average molecular weight is 422 g/mol. The number of hydrogen-bond acceptors (Lipinski definition) is 4. The number of aryl methyl sites for hydroxylation is 1. The largest absolute Gasteiger partial charge is 0.349 e. The number of halogens is 1. The number of aromatic nitrogens is 1. The van der Waals surface area contributed by atoms with Gasteiger partial charge in [0.1, 0.15) is 10.0 Å². The number of pyridine rings is 1. The molecule has 8 heteroatoms. The Hall–Kier alpha value is -1.96. The van der Waals surface area contributed by atoms with E-state index in [2.05, 4.69) is 10.3 Å². The third kappa shape index (κ3) is 4.37. The Morgan fingerprint density at radius 1 is 1.21 bits per heavy atom. The zero-order valence-corrected chi connectivity index (χ0v) is 17.5. The minimum absolute atomic E-state index is 0.00717. The van der Waals surface area contributed by atoms with Crippen molar-refractivity contribution in [3.63, 3.8) is 0 Å². The van der Waals surface area contributed by atoms with Gasteiger partial charge in [-0.15, -0.1) is 0 Å². The molecule has 150 valence electrons. The molecule has 1 fully saturated rings. The molecule has 6 nitrogen and oxygen atoms in total. The predicted octanol–water partition coefficient (Wildman–Crippen LogP) is 3.32. The van der Waals surface area contributed by atoms with Crippen LogP contribution in [-0.2, 0) is 14.8 Å². The first-order valence-corrected chi connectivity index (χ1v) is 11.1. The molecule has 1 atom stereocenters. The number of amides is 1. The lowest BCUT2D eigenvalue weighted by Crippen LogP contribution is -2.43. The molecule has 28 heavy (non-hydrogen) atoms. The summed E-state index contributed by atoms with van der Waals surface area (Å²) in [6, 6.07) is 10.9. The molecule has 2 aromatic rings. The molecule has 0 saturated carbocycles. The quantitative estimate of drug-likeness (QED) is 0.751. The van der Waals surface area contributed by atoms with E-state index in [1.165, 1.54) is 16.6 Å². The van der Waals surface area contributed by atoms with Crippen LogP contribution in [0.2, 0.25) is 5.15 Å². The highest BCUT2D eigenvalue weighted by atomic mass is 35.5. The van der Waals surface area contributed by atoms with Gasteiger partial charge in [0.05, 0.1) is 6.04 Å². The second-order valence-corrected chi connectivity index (χ2v) is 9.32. The summed E-state index contributed by atoms with van der Waals surface area (Å²) in [6.45, 7) is 4.55. The van der Waals surface area contributed by atoms with Crippen molar-refractivity contribution in [3.8, 4) is 0 Å². The number of sulfonamides is 1. The molecule has 1 aromatic heterocycles. The molecular formula is C20H24ClN3O3S. The van der Waals surface area contributed by atoms with Gasteiger partial charge in [0, 0.05) is 25.2 Å². The van der Waals surface area contributed by atoms with Crippen LogP contribution in [0.5, 0.6) is 0 Å². The van der Waals surface area contributed by atoms with E-state index < -0.39 is 10.0 Å². The lowest BCUT2D eigenvalue weighted by atomic mass is 9.96. The predicted molar refractivity (Wildman–Crippen MR) is 108 cm³/mol. The Kier molecular flexibility index (Phi) is 6.37. The van der Waals surface area contributed by atoms with E-state index in [0.29, 0.717) is 12.8 Å². The summed E-state index contributed by atoms with van der Waals surface area (Å²) >= 11 is 5.95. The van der Waals surface area contributed by atoms with Crippen LogP contribution in [0, 0.1) is 12.8 Å². The molecule has 1 amide bonds. The highest BCUT2D eigenvalue weighted by Crippen LogP contribution is 2.27. The van der Waals surface area contributed by atoms with E-state index >= 15 is 0 Å². The van der Waals surface area contributed by atoms with Crippen LogP contribution < -0.4 is 5.32 Å². The van der Waals surface area contributed by atoms with Crippen molar-refractivity contribution < 1.29 is 13.2 Å². The van der Waals surface area contributed by atoms with Crippen LogP contribution in [0.3, 0.4) is 0 Å². The summed E-state index contributed by atoms with van der Waals surface area (Å²) in [6.07, 6.45) is 2.40. The molecule has 0 bridgehead atoms. The fourth-order valence-electron chi connectivity index (χ4n) is 3.54. The molecule has 1 aromatic carbocycles. The topological polar surface area (TPSA) is 79.4 Å². The third-order valence-corrected chi connectivity index (χ3v) is 7.52. The Bertz CT molecular complexity index is 957. The Balaban J connectivity index is 1.61. The number of carbonyl (C=O) groups excluding carboxylic acids is 1. The van der Waals surface area contributed by atoms with Gasteiger partial charge in [-0.05, 0) is 49.9 Å². The molecule has 0 aliphatic carbocycles. The van der Waals surface area contributed by atoms with Gasteiger partial charge in [-0.1, -0.05) is 35.9 Å². The van der Waals surface area contributed by atoms with Crippen molar-refractivity contribution in [2.75, 3.05) is 13.1 Å². The smallest absolute Gasteiger partial charge is 0.246 e. The fraction of sp³-hybridized carbons (Fsp3) is 0.400. The van der Waals surface area contributed by atoms with Gasteiger partial charge in [-0.25, -0.2) is 13.4 Å². The number of rotatable bonds is 5. The van der Waals surface area contributed by atoms with Gasteiger partial charge in [0.15, 0.2) is 0 Å². The number of nitrogens with zero attached hydrogens (tertiary/aromatic N) is 2. The third-order valence-electron chi connectivity index (χ3n) is 5.18. The molecule has 2 heterocycles. The first-order chi connectivity index (χ1) is 13.3. The van der Waals surface area contributed by atoms with Gasteiger partial charge < -0.3 is 5.32 Å². The number of piperidine rings is 1. The van der Waals surface area contributed by atoms with Crippen LogP contribution in [-0.4, -0.2) is 36.7 Å². The summed E-state index contributed by atoms with van der Waals surface area (Å²) in [7, 11) is -3.71. The van der Waals surface area contributed by atoms with Gasteiger partial charge in [0.25, 0.3) is 0 Å². The van der Waals surface area contributed by atoms with E-state index in [0.717, 1.165) is 11.1 Å². The zero-order chi connectivity index (χ0) is 20.3. The van der Waals surface area contributed by atoms with Crippen molar-refractivity contribution in [2.45, 2.75) is 37.6 Å². The lowest BCUT2D eigenvalue weighted by Gasteiger charge is -2.31. The van der Waals surface area contributed by atoms with Crippen molar-refractivity contribution in [1.82, 2.24) is 14.6 Å². The van der Waals surface area contributed by atoms with Gasteiger partial charge >= 0.3 is 0 Å². The normalized spacial score (nSPS) is 17.2. The number of benzene rings is 1. The molecule has 0 spiro atoms. The molecule has 1 unspecified atom stereocenters. The lowest BCUT2D eigenvalue weighted by molar-refractivity contribution is -0.126. The molecule has 1 N–H and O–H groups in total. The second kappa shape index (κ2) is 8.59. The molecule has 3 rings (SSSR count). The minimum Gasteiger partial charge on any atom is -0.349 e. The highest BCUT2D eigenvalue weighted by Gasteiger charge is 2.33. The van der Waals surface area contributed by atoms with Crippen LogP contribution in [0.15, 0.2) is 47.5 Å². The summed E-state index contributed by atoms with van der Waals surface area (Å²) in [5.41, 5.74) is 2.21. The average Bonchev–Trinajstić information content (AvgIpc) is 2.68. The van der Waals surface area contributed by atoms with Gasteiger partial charge in [-0.3, -0.25) is 4.79 Å². The van der Waals surface area contributed by atoms with Crippen LogP contribution >= 0.6 is 11.6 Å². The van der Waals surface area contributed by atoms with Crippen LogP contribution in [0.25, 0.3) is 0 Å². The Labute approximate surface area is 171 Å². The maximum atomic E-state index is 12.8. The SMILES string of the molecule is Cc1ccccc1C(C)NC(=O)C1CCN(S(=O)(=O)c2cccnc2Cl)CC1. The molecule has 0 radical (unpaired) electrons. The molecule has 1 aliphatic rings.